The van der Waals surface area contributed by atoms with Gasteiger partial charge in [0, 0.05) is 31.3 Å². The minimum Gasteiger partial charge on any atom is -0.478 e. The molecule has 18 nitrogen and oxygen atoms in total. The van der Waals surface area contributed by atoms with Gasteiger partial charge in [0.25, 0.3) is 11.8 Å². The second-order valence-electron chi connectivity index (χ2n) is 8.09. The molecule has 3 heterocycles. The van der Waals surface area contributed by atoms with Crippen molar-refractivity contribution in [3.05, 3.63) is 22.5 Å². The molecule has 1 aliphatic heterocycles. The molecule has 0 radical (unpaired) electrons. The number of rotatable bonds is 11. The number of nitrogens with two attached hydrogens (primary N) is 3. The third-order valence-electron chi connectivity index (χ3n) is 5.63. The van der Waals surface area contributed by atoms with E-state index in [1.165, 1.54) is 5.38 Å². The van der Waals surface area contributed by atoms with Crippen LogP contribution in [0.25, 0.3) is 0 Å². The molecular formula is C17H22N10O8S2. The van der Waals surface area contributed by atoms with Crippen molar-refractivity contribution < 1.29 is 37.3 Å². The lowest BCUT2D eigenvalue weighted by Gasteiger charge is -2.43. The van der Waals surface area contributed by atoms with Crippen molar-refractivity contribution in [1.29, 1.82) is 0 Å². The van der Waals surface area contributed by atoms with Crippen LogP contribution in [-0.2, 0) is 49.2 Å². The first-order chi connectivity index (χ1) is 17.4. The smallest absolute Gasteiger partial charge is 0.362 e. The molecule has 1 aliphatic carbocycles. The van der Waals surface area contributed by atoms with Gasteiger partial charge in [-0.2, -0.15) is 23.4 Å². The van der Waals surface area contributed by atoms with Crippen molar-refractivity contribution in [1.82, 2.24) is 29.6 Å². The fourth-order valence-electron chi connectivity index (χ4n) is 3.52. The Hall–Kier alpha value is -3.72. The molecule has 200 valence electrons. The van der Waals surface area contributed by atoms with Gasteiger partial charge in [0.15, 0.2) is 10.8 Å². The summed E-state index contributed by atoms with van der Waals surface area (Å²) in [5.74, 6) is -3.45. The molecule has 37 heavy (non-hydrogen) atoms. The monoisotopic (exact) mass is 558 g/mol. The van der Waals surface area contributed by atoms with E-state index in [2.05, 4.69) is 25.7 Å². The van der Waals surface area contributed by atoms with Gasteiger partial charge in [0.05, 0.1) is 6.54 Å². The Kier molecular flexibility index (Phi) is 6.85. The maximum absolute atomic E-state index is 13.1. The average Bonchev–Trinajstić information content (AvgIpc) is 3.34. The van der Waals surface area contributed by atoms with E-state index < -0.39 is 51.5 Å². The first kappa shape index (κ1) is 26.3. The van der Waals surface area contributed by atoms with E-state index in [-0.39, 0.29) is 47.6 Å². The molecule has 1 saturated carbocycles. The van der Waals surface area contributed by atoms with E-state index in [0.717, 1.165) is 16.1 Å². The van der Waals surface area contributed by atoms with Gasteiger partial charge in [-0.1, -0.05) is 5.16 Å². The molecule has 0 aromatic carbocycles. The normalized spacial score (nSPS) is 20.9. The van der Waals surface area contributed by atoms with Gasteiger partial charge in [-0.25, -0.2) is 14.1 Å². The van der Waals surface area contributed by atoms with Crippen molar-refractivity contribution in [3.63, 3.8) is 0 Å². The zero-order chi connectivity index (χ0) is 27.1. The van der Waals surface area contributed by atoms with Gasteiger partial charge in [0.2, 0.25) is 5.60 Å². The number of nitrogens with one attached hydrogen (secondary N) is 1. The maximum atomic E-state index is 13.1. The summed E-state index contributed by atoms with van der Waals surface area (Å²) in [6, 6.07) is -2.81. The maximum Gasteiger partial charge on any atom is 0.362 e. The van der Waals surface area contributed by atoms with E-state index in [4.69, 9.17) is 22.0 Å². The van der Waals surface area contributed by atoms with Crippen LogP contribution >= 0.6 is 11.3 Å². The number of amides is 2. The van der Waals surface area contributed by atoms with Crippen molar-refractivity contribution in [2.24, 2.45) is 16.6 Å². The molecule has 9 N–H and O–H groups in total. The van der Waals surface area contributed by atoms with Crippen LogP contribution < -0.4 is 22.5 Å². The average molecular weight is 559 g/mol. The first-order valence-electron chi connectivity index (χ1n) is 10.6. The van der Waals surface area contributed by atoms with Crippen LogP contribution in [0.1, 0.15) is 29.9 Å². The van der Waals surface area contributed by atoms with Gasteiger partial charge < -0.3 is 32.5 Å². The fraction of sp³-hybridized carbons (Fsp3) is 0.471. The molecule has 2 fully saturated rings. The Morgan fingerprint density at radius 2 is 1.89 bits per heavy atom. The molecule has 2 aromatic rings. The zero-order valence-corrected chi connectivity index (χ0v) is 20.5. The van der Waals surface area contributed by atoms with Crippen LogP contribution in [0.3, 0.4) is 0 Å². The molecule has 20 heteroatoms. The number of β-lactam (4-membered cyclic amide) rings is 1. The Labute approximate surface area is 212 Å². The number of oxime groups is 1. The molecule has 1 saturated heterocycles. The first-order valence-corrected chi connectivity index (χ1v) is 12.8. The number of aromatic nitrogens is 4. The van der Waals surface area contributed by atoms with E-state index in [0.29, 0.717) is 11.4 Å². The minimum absolute atomic E-state index is 0.00720. The van der Waals surface area contributed by atoms with Gasteiger partial charge in [-0.05, 0) is 0 Å². The van der Waals surface area contributed by atoms with Crippen LogP contribution in [0.5, 0.6) is 0 Å². The Bertz CT molecular complexity index is 1360. The van der Waals surface area contributed by atoms with Crippen molar-refractivity contribution in [2.45, 2.75) is 50.2 Å². The highest BCUT2D eigenvalue weighted by Gasteiger charge is 2.56. The molecule has 0 spiro atoms. The van der Waals surface area contributed by atoms with E-state index in [1.54, 1.807) is 0 Å². The third kappa shape index (κ3) is 5.09. The van der Waals surface area contributed by atoms with Gasteiger partial charge in [-0.15, -0.1) is 11.3 Å². The number of carboxylic acids is 1. The number of carbonyl (C=O) groups is 3. The standard InChI is InChI=1S/C17H22N10O8S2/c18-3-7-8(4-19)24-26(23-7)5-10-12(14(29)27(10)37(32,33)34)22-13(28)11(9-6-36-16(20)21-9)25-35-17(1-2-17)15(30)31/h6,10,12H,1-5,18-19H2,(H2,20,21)(H,22,28)(H,30,31)(H,32,33,34)/b25-11-. The highest BCUT2D eigenvalue weighted by Crippen LogP contribution is 2.40. The van der Waals surface area contributed by atoms with Gasteiger partial charge >= 0.3 is 16.3 Å². The summed E-state index contributed by atoms with van der Waals surface area (Å²) < 4.78 is 33.3. The molecule has 2 unspecified atom stereocenters. The SMILES string of the molecule is NCc1nn(CC2C(NC(=O)/C(=N\OC3(C(=O)O)CC3)c3csc(N)n3)C(=O)N2S(=O)(=O)O)nc1CN. The highest BCUT2D eigenvalue weighted by atomic mass is 32.2. The lowest BCUT2D eigenvalue weighted by atomic mass is 9.98. The van der Waals surface area contributed by atoms with Crippen molar-refractivity contribution in [2.75, 3.05) is 5.73 Å². The Morgan fingerprint density at radius 3 is 2.35 bits per heavy atom. The summed E-state index contributed by atoms with van der Waals surface area (Å²) in [5.41, 5.74) is 15.4. The van der Waals surface area contributed by atoms with Crippen LogP contribution in [-0.4, -0.2) is 83.5 Å². The van der Waals surface area contributed by atoms with Crippen LogP contribution in [0.2, 0.25) is 0 Å². The molecular weight excluding hydrogens is 536 g/mol. The topological polar surface area (TPSA) is 284 Å². The predicted molar refractivity (Wildman–Crippen MR) is 124 cm³/mol. The number of nitrogen functional groups attached to an aromatic ring is 1. The summed E-state index contributed by atoms with van der Waals surface area (Å²) in [6.45, 7) is -0.377. The van der Waals surface area contributed by atoms with Crippen molar-refractivity contribution in [3.8, 4) is 0 Å². The molecule has 0 bridgehead atoms. The number of nitrogens with zero attached hydrogens (tertiary/aromatic N) is 6. The number of thiazole rings is 1. The second kappa shape index (κ2) is 9.63. The van der Waals surface area contributed by atoms with Crippen LogP contribution in [0.4, 0.5) is 5.13 Å². The Morgan fingerprint density at radius 1 is 1.27 bits per heavy atom. The molecule has 2 amide bonds. The summed E-state index contributed by atoms with van der Waals surface area (Å²) in [6.07, 6.45) is 0.331. The lowest BCUT2D eigenvalue weighted by molar-refractivity contribution is -0.153. The van der Waals surface area contributed by atoms with Gasteiger partial charge in [0.1, 0.15) is 29.2 Å². The predicted octanol–water partition coefficient (Wildman–Crippen LogP) is -3.23. The van der Waals surface area contributed by atoms with E-state index in [9.17, 15) is 32.5 Å². The van der Waals surface area contributed by atoms with Gasteiger partial charge in [-0.3, -0.25) is 14.1 Å². The summed E-state index contributed by atoms with van der Waals surface area (Å²) in [7, 11) is -5.00. The number of hydrogen-bond donors (Lipinski definition) is 6. The number of hydrogen-bond acceptors (Lipinski definition) is 14. The minimum atomic E-state index is -5.00. The Balaban J connectivity index is 1.60. The molecule has 4 rings (SSSR count). The fourth-order valence-corrected chi connectivity index (χ4v) is 4.94. The third-order valence-corrected chi connectivity index (χ3v) is 7.25. The number of anilines is 1. The van der Waals surface area contributed by atoms with E-state index in [1.807, 2.05) is 0 Å². The van der Waals surface area contributed by atoms with Crippen molar-refractivity contribution >= 4 is 50.3 Å². The zero-order valence-electron chi connectivity index (χ0n) is 18.8. The number of carbonyl (C=O) groups excluding carboxylic acids is 2. The lowest BCUT2D eigenvalue weighted by Crippen LogP contribution is -2.73. The van der Waals surface area contributed by atoms with Crippen LogP contribution in [0.15, 0.2) is 10.5 Å². The van der Waals surface area contributed by atoms with E-state index >= 15 is 0 Å². The summed E-state index contributed by atoms with van der Waals surface area (Å²) in [4.78, 5) is 47.2. The summed E-state index contributed by atoms with van der Waals surface area (Å²) in [5, 5.41) is 24.9. The van der Waals surface area contributed by atoms with Crippen LogP contribution in [0, 0.1) is 0 Å². The highest BCUT2D eigenvalue weighted by molar-refractivity contribution is 7.84. The molecule has 2 aromatic heterocycles. The largest absolute Gasteiger partial charge is 0.478 e. The quantitative estimate of drug-likeness (QED) is 0.0684. The second-order valence-corrected chi connectivity index (χ2v) is 10.3. The summed E-state index contributed by atoms with van der Waals surface area (Å²) >= 11 is 0.965. The number of carboxylic acid groups (broad SMARTS) is 1. The molecule has 2 aliphatic rings. The molecule has 2 atom stereocenters. The number of aliphatic carboxylic acids is 1.